The number of quaternary nitrogens is 3. The number of benzene rings is 1. The highest BCUT2D eigenvalue weighted by Gasteiger charge is 2.57. The lowest BCUT2D eigenvalue weighted by Crippen LogP contribution is -3.56. The van der Waals surface area contributed by atoms with Crippen LogP contribution in [0.2, 0.25) is 0 Å². The molecule has 5 rings (SSSR count). The lowest BCUT2D eigenvalue weighted by molar-refractivity contribution is -1.29. The molecule has 0 radical (unpaired) electrons. The van der Waals surface area contributed by atoms with E-state index in [1.807, 2.05) is 18.3 Å². The predicted octanol–water partition coefficient (Wildman–Crippen LogP) is -3.87. The second kappa shape index (κ2) is 4.69. The molecule has 4 N–H and O–H groups in total. The highest BCUT2D eigenvalue weighted by Crippen LogP contribution is 2.25. The van der Waals surface area contributed by atoms with Crippen LogP contribution in [0.5, 0.6) is 11.5 Å². The summed E-state index contributed by atoms with van der Waals surface area (Å²) in [5, 5.41) is 9.65. The first-order valence-corrected chi connectivity index (χ1v) is 7.59. The van der Waals surface area contributed by atoms with Crippen LogP contribution in [-0.4, -0.2) is 63.6 Å². The molecule has 6 nitrogen and oxygen atoms in total. The Labute approximate surface area is 124 Å². The smallest absolute Gasteiger partial charge is 0.213 e. The number of ether oxygens (including phenoxy) is 1. The SMILES string of the molecule is COc1cc(C=NC23C[NH+]4C[NH+](C[NH+](C4)C2)C3)ccc1O. The Bertz CT molecular complexity index is 552. The highest BCUT2D eigenvalue weighted by atomic mass is 16.5. The molecule has 6 heteroatoms. The first kappa shape index (κ1) is 13.1. The minimum atomic E-state index is 0.0971. The first-order valence-electron chi connectivity index (χ1n) is 7.59. The number of rotatable bonds is 3. The zero-order valence-electron chi connectivity index (χ0n) is 12.4. The summed E-state index contributed by atoms with van der Waals surface area (Å²) >= 11 is 0. The second-order valence-electron chi connectivity index (χ2n) is 6.72. The lowest BCUT2D eigenvalue weighted by atomic mass is 9.91. The Morgan fingerprint density at radius 2 is 1.76 bits per heavy atom. The van der Waals surface area contributed by atoms with Crippen LogP contribution in [-0.2, 0) is 0 Å². The van der Waals surface area contributed by atoms with Gasteiger partial charge in [0.05, 0.1) is 7.11 Å². The van der Waals surface area contributed by atoms with Crippen LogP contribution < -0.4 is 19.4 Å². The van der Waals surface area contributed by atoms with Gasteiger partial charge in [-0.3, -0.25) is 4.99 Å². The van der Waals surface area contributed by atoms with Crippen molar-refractivity contribution in [2.75, 3.05) is 46.8 Å². The zero-order valence-corrected chi connectivity index (χ0v) is 12.4. The van der Waals surface area contributed by atoms with Crippen molar-refractivity contribution in [3.63, 3.8) is 0 Å². The fourth-order valence-corrected chi connectivity index (χ4v) is 4.33. The van der Waals surface area contributed by atoms with Gasteiger partial charge in [0, 0.05) is 6.21 Å². The quantitative estimate of drug-likeness (QED) is 0.431. The van der Waals surface area contributed by atoms with Gasteiger partial charge in [-0.2, -0.15) is 0 Å². The van der Waals surface area contributed by atoms with Gasteiger partial charge in [-0.05, 0) is 23.8 Å². The summed E-state index contributed by atoms with van der Waals surface area (Å²) in [5.41, 5.74) is 1.08. The third-order valence-electron chi connectivity index (χ3n) is 4.93. The summed E-state index contributed by atoms with van der Waals surface area (Å²) in [6.07, 6.45) is 1.96. The van der Waals surface area contributed by atoms with E-state index in [0.29, 0.717) is 5.75 Å². The molecule has 0 atom stereocenters. The minimum absolute atomic E-state index is 0.0971. The van der Waals surface area contributed by atoms with E-state index in [2.05, 4.69) is 0 Å². The van der Waals surface area contributed by atoms with Crippen LogP contribution >= 0.6 is 0 Å². The van der Waals surface area contributed by atoms with Crippen molar-refractivity contribution in [1.29, 1.82) is 0 Å². The van der Waals surface area contributed by atoms with E-state index in [4.69, 9.17) is 9.73 Å². The van der Waals surface area contributed by atoms with E-state index in [0.717, 1.165) is 25.2 Å². The Morgan fingerprint density at radius 1 is 1.14 bits per heavy atom. The Morgan fingerprint density at radius 3 is 2.33 bits per heavy atom. The standard InChI is InChI=1S/C15H20N4O2/c1-21-14-4-12(2-3-13(14)20)5-16-15-6-17-9-18(7-15)11-19(8-15)10-17/h2-5,20H,6-11H2,1H3/p+3. The fourth-order valence-electron chi connectivity index (χ4n) is 4.33. The summed E-state index contributed by atoms with van der Waals surface area (Å²) in [6, 6.07) is 5.39. The molecule has 0 amide bonds. The first-order chi connectivity index (χ1) is 10.2. The Balaban J connectivity index is 1.58. The number of nitrogens with zero attached hydrogens (tertiary/aromatic N) is 1. The van der Waals surface area contributed by atoms with Crippen LogP contribution in [0.4, 0.5) is 0 Å². The van der Waals surface area contributed by atoms with Crippen molar-refractivity contribution < 1.29 is 24.5 Å². The van der Waals surface area contributed by atoms with Crippen molar-refractivity contribution in [1.82, 2.24) is 0 Å². The normalized spacial score (nSPS) is 37.3. The molecular weight excluding hydrogens is 268 g/mol. The van der Waals surface area contributed by atoms with Gasteiger partial charge in [0.25, 0.3) is 0 Å². The molecule has 0 saturated carbocycles. The third-order valence-corrected chi connectivity index (χ3v) is 4.93. The number of aromatic hydroxyl groups is 1. The van der Waals surface area contributed by atoms with Gasteiger partial charge >= 0.3 is 0 Å². The zero-order chi connectivity index (χ0) is 14.4. The number of phenolic OH excluding ortho intramolecular Hbond substituents is 1. The minimum Gasteiger partial charge on any atom is -0.504 e. The van der Waals surface area contributed by atoms with Gasteiger partial charge < -0.3 is 9.84 Å². The maximum atomic E-state index is 9.65. The predicted molar refractivity (Wildman–Crippen MR) is 77.1 cm³/mol. The third kappa shape index (κ3) is 2.29. The molecule has 1 aromatic rings. The highest BCUT2D eigenvalue weighted by molar-refractivity contribution is 5.81. The molecule has 0 spiro atoms. The number of aliphatic imine (C=N–C) groups is 1. The van der Waals surface area contributed by atoms with Crippen LogP contribution in [0.3, 0.4) is 0 Å². The van der Waals surface area contributed by atoms with E-state index < -0.39 is 0 Å². The van der Waals surface area contributed by atoms with Gasteiger partial charge in [0.1, 0.15) is 19.6 Å². The van der Waals surface area contributed by atoms with E-state index >= 15 is 0 Å². The maximum absolute atomic E-state index is 9.65. The molecule has 0 aromatic heterocycles. The summed E-state index contributed by atoms with van der Waals surface area (Å²) in [4.78, 5) is 10.0. The van der Waals surface area contributed by atoms with E-state index in [9.17, 15) is 5.11 Å². The van der Waals surface area contributed by atoms with Gasteiger partial charge in [0.2, 0.25) is 25.5 Å². The molecule has 0 unspecified atom stereocenters. The average Bonchev–Trinajstić information content (AvgIpc) is 2.45. The average molecular weight is 291 g/mol. The van der Waals surface area contributed by atoms with Crippen molar-refractivity contribution in [3.8, 4) is 11.5 Å². The van der Waals surface area contributed by atoms with Crippen molar-refractivity contribution in [3.05, 3.63) is 23.8 Å². The molecule has 112 valence electrons. The van der Waals surface area contributed by atoms with Gasteiger partial charge in [-0.25, -0.2) is 14.7 Å². The lowest BCUT2D eigenvalue weighted by Gasteiger charge is -2.50. The molecule has 4 aliphatic rings. The van der Waals surface area contributed by atoms with Crippen molar-refractivity contribution >= 4 is 6.21 Å². The number of nitrogens with one attached hydrogen (secondary N) is 3. The van der Waals surface area contributed by atoms with Crippen molar-refractivity contribution in [2.45, 2.75) is 5.54 Å². The Kier molecular flexibility index (Phi) is 2.92. The molecular formula is C15H23N4O2+3. The summed E-state index contributed by atoms with van der Waals surface area (Å²) in [7, 11) is 1.57. The van der Waals surface area contributed by atoms with E-state index in [-0.39, 0.29) is 11.3 Å². The molecule has 4 heterocycles. The number of phenols is 1. The van der Waals surface area contributed by atoms with Crippen LogP contribution in [0.1, 0.15) is 5.56 Å². The van der Waals surface area contributed by atoms with Crippen molar-refractivity contribution in [2.24, 2.45) is 4.99 Å². The topological polar surface area (TPSA) is 55.1 Å². The molecule has 4 saturated heterocycles. The molecule has 4 fully saturated rings. The largest absolute Gasteiger partial charge is 0.504 e. The molecule has 4 bridgehead atoms. The van der Waals surface area contributed by atoms with Gasteiger partial charge in [0.15, 0.2) is 11.5 Å². The van der Waals surface area contributed by atoms with Gasteiger partial charge in [-0.15, -0.1) is 0 Å². The van der Waals surface area contributed by atoms with Crippen LogP contribution in [0.15, 0.2) is 23.2 Å². The molecule has 21 heavy (non-hydrogen) atoms. The van der Waals surface area contributed by atoms with Crippen LogP contribution in [0.25, 0.3) is 0 Å². The summed E-state index contributed by atoms with van der Waals surface area (Å²) in [5.74, 6) is 0.675. The Hall–Kier alpha value is -1.63. The number of methoxy groups -OCH3 is 1. The van der Waals surface area contributed by atoms with Crippen LogP contribution in [0, 0.1) is 0 Å². The van der Waals surface area contributed by atoms with Gasteiger partial charge in [-0.1, -0.05) is 0 Å². The summed E-state index contributed by atoms with van der Waals surface area (Å²) in [6.45, 7) is 7.25. The number of hydrogen-bond acceptors (Lipinski definition) is 3. The molecule has 4 aliphatic heterocycles. The van der Waals surface area contributed by atoms with E-state index in [1.165, 1.54) is 20.0 Å². The fraction of sp³-hybridized carbons (Fsp3) is 0.533. The molecule has 0 aliphatic carbocycles. The monoisotopic (exact) mass is 291 g/mol. The van der Waals surface area contributed by atoms with E-state index in [1.54, 1.807) is 27.9 Å². The number of hydrogen-bond donors (Lipinski definition) is 4. The summed E-state index contributed by atoms with van der Waals surface area (Å²) < 4.78 is 5.16. The maximum Gasteiger partial charge on any atom is 0.213 e. The second-order valence-corrected chi connectivity index (χ2v) is 6.72. The molecule has 1 aromatic carbocycles.